The van der Waals surface area contributed by atoms with Crippen molar-refractivity contribution in [2.45, 2.75) is 25.3 Å². The molecule has 0 bridgehead atoms. The Morgan fingerprint density at radius 3 is 2.29 bits per heavy atom. The van der Waals surface area contributed by atoms with Crippen LogP contribution in [0.25, 0.3) is 0 Å². The Bertz CT molecular complexity index is 699. The van der Waals surface area contributed by atoms with E-state index < -0.39 is 12.0 Å². The molecule has 0 saturated heterocycles. The second-order valence-electron chi connectivity index (χ2n) is 5.39. The third-order valence-corrected chi connectivity index (χ3v) is 3.55. The number of anilines is 1. The molecule has 2 N–H and O–H groups in total. The normalized spacial score (nSPS) is 11.5. The maximum absolute atomic E-state index is 12.0. The van der Waals surface area contributed by atoms with Gasteiger partial charge in [-0.2, -0.15) is 4.91 Å². The van der Waals surface area contributed by atoms with Crippen molar-refractivity contribution in [2.75, 3.05) is 5.32 Å². The highest BCUT2D eigenvalue weighted by atomic mass is 16.4. The van der Waals surface area contributed by atoms with Gasteiger partial charge < -0.3 is 10.4 Å². The van der Waals surface area contributed by atoms with E-state index in [1.165, 1.54) is 0 Å². The zero-order valence-corrected chi connectivity index (χ0v) is 13.0. The van der Waals surface area contributed by atoms with E-state index in [0.29, 0.717) is 11.3 Å². The molecule has 124 valence electrons. The summed E-state index contributed by atoms with van der Waals surface area (Å²) < 4.78 is 0. The summed E-state index contributed by atoms with van der Waals surface area (Å²) in [6, 6.07) is 15.4. The Morgan fingerprint density at radius 1 is 1.04 bits per heavy atom. The fourth-order valence-corrected chi connectivity index (χ4v) is 2.32. The number of amides is 1. The van der Waals surface area contributed by atoms with Crippen molar-refractivity contribution in [3.05, 3.63) is 70.6 Å². The first-order valence-electron chi connectivity index (χ1n) is 7.56. The molecule has 2 aromatic carbocycles. The van der Waals surface area contributed by atoms with E-state index in [2.05, 4.69) is 10.5 Å². The van der Waals surface area contributed by atoms with Crippen LogP contribution in [0.3, 0.4) is 0 Å². The molecule has 2 aromatic rings. The summed E-state index contributed by atoms with van der Waals surface area (Å²) in [4.78, 5) is 33.4. The number of hydrogen-bond acceptors (Lipinski definition) is 4. The maximum Gasteiger partial charge on any atom is 0.303 e. The van der Waals surface area contributed by atoms with Crippen LogP contribution in [0.4, 0.5) is 5.69 Å². The van der Waals surface area contributed by atoms with Crippen LogP contribution < -0.4 is 5.32 Å². The average Bonchev–Trinajstić information content (AvgIpc) is 2.57. The van der Waals surface area contributed by atoms with E-state index in [1.807, 2.05) is 30.3 Å². The van der Waals surface area contributed by atoms with Crippen LogP contribution in [-0.4, -0.2) is 17.0 Å². The Morgan fingerprint density at radius 2 is 1.71 bits per heavy atom. The molecule has 0 aliphatic carbocycles. The molecule has 0 aliphatic rings. The lowest BCUT2D eigenvalue weighted by Gasteiger charge is -2.10. The number of benzene rings is 2. The van der Waals surface area contributed by atoms with Crippen LogP contribution in [-0.2, 0) is 16.0 Å². The fraction of sp³-hybridized carbons (Fsp3) is 0.222. The number of carbonyl (C=O) groups is 2. The first-order valence-corrected chi connectivity index (χ1v) is 7.56. The largest absolute Gasteiger partial charge is 0.481 e. The highest BCUT2D eigenvalue weighted by Crippen LogP contribution is 2.24. The van der Waals surface area contributed by atoms with Crippen molar-refractivity contribution < 1.29 is 14.7 Å². The van der Waals surface area contributed by atoms with Gasteiger partial charge in [0.05, 0.1) is 6.42 Å². The van der Waals surface area contributed by atoms with Crippen LogP contribution in [0.1, 0.15) is 30.0 Å². The van der Waals surface area contributed by atoms with Gasteiger partial charge in [-0.15, -0.1) is 0 Å². The molecule has 1 amide bonds. The lowest BCUT2D eigenvalue weighted by molar-refractivity contribution is -0.137. The van der Waals surface area contributed by atoms with Crippen LogP contribution in [0.15, 0.2) is 59.8 Å². The number of rotatable bonds is 8. The smallest absolute Gasteiger partial charge is 0.303 e. The Balaban J connectivity index is 1.94. The zero-order chi connectivity index (χ0) is 17.4. The molecule has 0 aliphatic heterocycles. The van der Waals surface area contributed by atoms with Crippen molar-refractivity contribution in [1.29, 1.82) is 0 Å². The summed E-state index contributed by atoms with van der Waals surface area (Å²) in [5.41, 5.74) is 2.17. The molecule has 0 saturated carbocycles. The summed E-state index contributed by atoms with van der Waals surface area (Å²) in [5.74, 6) is -1.10. The minimum Gasteiger partial charge on any atom is -0.481 e. The predicted octanol–water partition coefficient (Wildman–Crippen LogP) is 3.54. The van der Waals surface area contributed by atoms with Gasteiger partial charge in [0.1, 0.15) is 6.04 Å². The maximum atomic E-state index is 12.0. The van der Waals surface area contributed by atoms with E-state index in [0.717, 1.165) is 5.56 Å². The standard InChI is InChI=1S/C18H18N2O4/c21-17(12-13-4-2-1-3-5-13)19-15-8-6-14(7-9-15)16(20-24)10-11-18(22)23/h1-9,16H,10-12H2,(H,19,21)(H,22,23). The number of carboxylic acids is 1. The molecule has 6 nitrogen and oxygen atoms in total. The Kier molecular flexibility index (Phi) is 6.19. The molecule has 2 rings (SSSR count). The van der Waals surface area contributed by atoms with Crippen LogP contribution in [0, 0.1) is 4.91 Å². The molecule has 0 fully saturated rings. The minimum absolute atomic E-state index is 0.119. The summed E-state index contributed by atoms with van der Waals surface area (Å²) in [7, 11) is 0. The molecule has 0 aromatic heterocycles. The summed E-state index contributed by atoms with van der Waals surface area (Å²) in [5, 5.41) is 14.4. The second kappa shape index (κ2) is 8.57. The molecule has 6 heteroatoms. The summed E-state index contributed by atoms with van der Waals surface area (Å²) in [6.45, 7) is 0. The molecule has 1 unspecified atom stereocenters. The number of hydrogen-bond donors (Lipinski definition) is 2. The molecule has 0 heterocycles. The third-order valence-electron chi connectivity index (χ3n) is 3.55. The van der Waals surface area contributed by atoms with Gasteiger partial charge in [0, 0.05) is 12.1 Å². The van der Waals surface area contributed by atoms with Crippen molar-refractivity contribution in [3.63, 3.8) is 0 Å². The van der Waals surface area contributed by atoms with Gasteiger partial charge >= 0.3 is 5.97 Å². The summed E-state index contributed by atoms with van der Waals surface area (Å²) in [6.07, 6.45) is 0.310. The van der Waals surface area contributed by atoms with Crippen molar-refractivity contribution >= 4 is 17.6 Å². The van der Waals surface area contributed by atoms with Gasteiger partial charge in [0.25, 0.3) is 0 Å². The molecule has 0 radical (unpaired) electrons. The van der Waals surface area contributed by atoms with E-state index in [9.17, 15) is 14.5 Å². The number of carboxylic acid groups (broad SMARTS) is 1. The first-order chi connectivity index (χ1) is 11.6. The Labute approximate surface area is 139 Å². The monoisotopic (exact) mass is 326 g/mol. The highest BCUT2D eigenvalue weighted by molar-refractivity contribution is 5.92. The van der Waals surface area contributed by atoms with Gasteiger partial charge in [-0.25, -0.2) is 0 Å². The van der Waals surface area contributed by atoms with E-state index in [4.69, 9.17) is 5.11 Å². The third kappa shape index (κ3) is 5.31. The van der Waals surface area contributed by atoms with Gasteiger partial charge in [-0.1, -0.05) is 47.6 Å². The number of nitrogens with one attached hydrogen (secondary N) is 1. The van der Waals surface area contributed by atoms with Gasteiger partial charge in [0.2, 0.25) is 5.91 Å². The number of nitrogens with zero attached hydrogens (tertiary/aromatic N) is 1. The van der Waals surface area contributed by atoms with Gasteiger partial charge in [0.15, 0.2) is 0 Å². The summed E-state index contributed by atoms with van der Waals surface area (Å²) >= 11 is 0. The van der Waals surface area contributed by atoms with E-state index >= 15 is 0 Å². The molecular weight excluding hydrogens is 308 g/mol. The highest BCUT2D eigenvalue weighted by Gasteiger charge is 2.14. The molecule has 0 spiro atoms. The molecular formula is C18H18N2O4. The predicted molar refractivity (Wildman–Crippen MR) is 90.6 cm³/mol. The van der Waals surface area contributed by atoms with Crippen molar-refractivity contribution in [1.82, 2.24) is 0 Å². The van der Waals surface area contributed by atoms with Crippen molar-refractivity contribution in [3.8, 4) is 0 Å². The number of aliphatic carboxylic acids is 1. The second-order valence-corrected chi connectivity index (χ2v) is 5.39. The SMILES string of the molecule is O=NC(CCC(=O)O)c1ccc(NC(=O)Cc2ccccc2)cc1. The van der Waals surface area contributed by atoms with Gasteiger partial charge in [-0.3, -0.25) is 9.59 Å². The quantitative estimate of drug-likeness (QED) is 0.725. The van der Waals surface area contributed by atoms with E-state index in [-0.39, 0.29) is 25.2 Å². The number of carbonyl (C=O) groups excluding carboxylic acids is 1. The lowest BCUT2D eigenvalue weighted by atomic mass is 10.0. The molecule has 1 atom stereocenters. The Hall–Kier alpha value is -3.02. The lowest BCUT2D eigenvalue weighted by Crippen LogP contribution is -2.14. The van der Waals surface area contributed by atoms with Crippen LogP contribution in [0.5, 0.6) is 0 Å². The van der Waals surface area contributed by atoms with Crippen molar-refractivity contribution in [2.24, 2.45) is 5.18 Å². The van der Waals surface area contributed by atoms with Crippen LogP contribution in [0.2, 0.25) is 0 Å². The number of nitroso groups, excluding NO2 is 1. The molecule has 24 heavy (non-hydrogen) atoms. The fourth-order valence-electron chi connectivity index (χ4n) is 2.32. The zero-order valence-electron chi connectivity index (χ0n) is 13.0. The average molecular weight is 326 g/mol. The topological polar surface area (TPSA) is 95.8 Å². The minimum atomic E-state index is -0.964. The van der Waals surface area contributed by atoms with Crippen LogP contribution >= 0.6 is 0 Å². The van der Waals surface area contributed by atoms with E-state index in [1.54, 1.807) is 24.3 Å². The van der Waals surface area contributed by atoms with Gasteiger partial charge in [-0.05, 0) is 29.7 Å². The first kappa shape index (κ1) is 17.3.